The summed E-state index contributed by atoms with van der Waals surface area (Å²) < 4.78 is 16.1. The first-order valence-electron chi connectivity index (χ1n) is 24.3. The molecule has 0 fully saturated rings. The molecule has 0 spiro atoms. The molecule has 0 saturated heterocycles. The smallest absolute Gasteiger partial charge is 0.407 e. The van der Waals surface area contributed by atoms with E-state index in [9.17, 15) is 19.2 Å². The normalized spacial score (nSPS) is 11.5. The SMILES string of the molecule is CCCCCCCCCCCCCCCCOC(=O)NCCC[C@H](NC(=O)OCCCCCCCCCCCCCCCC)C(=O)NCCC(=O)OCc1ccccc1. The van der Waals surface area contributed by atoms with E-state index in [2.05, 4.69) is 29.8 Å². The maximum atomic E-state index is 13.1. The Morgan fingerprint density at radius 2 is 0.898 bits per heavy atom. The third-order valence-electron chi connectivity index (χ3n) is 10.9. The molecule has 0 bridgehead atoms. The minimum Gasteiger partial charge on any atom is -0.461 e. The predicted octanol–water partition coefficient (Wildman–Crippen LogP) is 12.8. The zero-order chi connectivity index (χ0) is 42.7. The van der Waals surface area contributed by atoms with E-state index < -0.39 is 30.1 Å². The van der Waals surface area contributed by atoms with Crippen molar-refractivity contribution in [2.45, 2.75) is 226 Å². The lowest BCUT2D eigenvalue weighted by Gasteiger charge is -2.18. The van der Waals surface area contributed by atoms with Gasteiger partial charge in [0, 0.05) is 13.1 Å². The molecule has 1 rings (SSSR count). The number of esters is 1. The molecule has 0 aromatic heterocycles. The zero-order valence-electron chi connectivity index (χ0n) is 37.8. The Kier molecular flexibility index (Phi) is 37.7. The molecule has 0 heterocycles. The lowest BCUT2D eigenvalue weighted by atomic mass is 10.0. The lowest BCUT2D eigenvalue weighted by Crippen LogP contribution is -2.47. The summed E-state index contributed by atoms with van der Waals surface area (Å²) in [5.41, 5.74) is 0.883. The molecule has 0 aliphatic carbocycles. The molecule has 0 saturated carbocycles. The first-order valence-corrected chi connectivity index (χ1v) is 24.3. The molecule has 59 heavy (non-hydrogen) atoms. The number of rotatable bonds is 41. The van der Waals surface area contributed by atoms with Gasteiger partial charge in [-0.2, -0.15) is 0 Å². The van der Waals surface area contributed by atoms with Gasteiger partial charge in [-0.3, -0.25) is 9.59 Å². The van der Waals surface area contributed by atoms with E-state index in [1.807, 2.05) is 30.3 Å². The Balaban J connectivity index is 2.27. The average molecular weight is 830 g/mol. The van der Waals surface area contributed by atoms with Gasteiger partial charge in [-0.25, -0.2) is 9.59 Å². The first-order chi connectivity index (χ1) is 29.0. The van der Waals surface area contributed by atoms with Gasteiger partial charge in [0.15, 0.2) is 0 Å². The molecule has 10 nitrogen and oxygen atoms in total. The van der Waals surface area contributed by atoms with E-state index >= 15 is 0 Å². The van der Waals surface area contributed by atoms with Gasteiger partial charge in [-0.05, 0) is 31.2 Å². The average Bonchev–Trinajstić information content (AvgIpc) is 3.24. The summed E-state index contributed by atoms with van der Waals surface area (Å²) in [5, 5.41) is 8.18. The van der Waals surface area contributed by atoms with Crippen molar-refractivity contribution < 1.29 is 33.4 Å². The highest BCUT2D eigenvalue weighted by Gasteiger charge is 2.21. The van der Waals surface area contributed by atoms with E-state index in [0.717, 1.165) is 44.1 Å². The Morgan fingerprint density at radius 3 is 1.36 bits per heavy atom. The minimum atomic E-state index is -0.882. The topological polar surface area (TPSA) is 132 Å². The first kappa shape index (κ1) is 53.7. The van der Waals surface area contributed by atoms with Gasteiger partial charge < -0.3 is 30.2 Å². The Labute approximate surface area is 360 Å². The molecular weight excluding hydrogens is 743 g/mol. The number of hydrogen-bond acceptors (Lipinski definition) is 7. The summed E-state index contributed by atoms with van der Waals surface area (Å²) in [6.07, 6.45) is 34.9. The van der Waals surface area contributed by atoms with Gasteiger partial charge in [-0.1, -0.05) is 211 Å². The molecule has 340 valence electrons. The molecule has 1 aromatic carbocycles. The van der Waals surface area contributed by atoms with Crippen LogP contribution < -0.4 is 16.0 Å². The van der Waals surface area contributed by atoms with Gasteiger partial charge in [-0.15, -0.1) is 0 Å². The number of alkyl carbamates (subject to hydrolysis) is 2. The van der Waals surface area contributed by atoms with Crippen LogP contribution >= 0.6 is 0 Å². The van der Waals surface area contributed by atoms with Crippen LogP contribution in [-0.2, 0) is 30.4 Å². The molecule has 3 N–H and O–H groups in total. The van der Waals surface area contributed by atoms with Crippen LogP contribution in [0.1, 0.15) is 218 Å². The van der Waals surface area contributed by atoms with Crippen molar-refractivity contribution >= 4 is 24.1 Å². The Hall–Kier alpha value is -3.30. The van der Waals surface area contributed by atoms with Crippen molar-refractivity contribution in [1.29, 1.82) is 0 Å². The standard InChI is InChI=1S/C49H87N3O7/c1-3-5-7-9-11-13-15-17-19-21-23-25-27-32-41-57-48(55)51-39-34-37-45(47(54)50-40-38-46(53)59-43-44-35-30-29-31-36-44)52-49(56)58-42-33-28-26-24-22-20-18-16-14-12-10-8-6-4-2/h29-31,35-36,45H,3-28,32-34,37-43H2,1-2H3,(H,50,54)(H,51,55)(H,52,56)/t45-/m0/s1. The second-order valence-electron chi connectivity index (χ2n) is 16.4. The van der Waals surface area contributed by atoms with Crippen molar-refractivity contribution in [2.75, 3.05) is 26.3 Å². The van der Waals surface area contributed by atoms with Crippen molar-refractivity contribution in [3.63, 3.8) is 0 Å². The highest BCUT2D eigenvalue weighted by atomic mass is 16.6. The molecule has 0 unspecified atom stereocenters. The third-order valence-corrected chi connectivity index (χ3v) is 10.9. The quantitative estimate of drug-likeness (QED) is 0.0340. The van der Waals surface area contributed by atoms with Crippen molar-refractivity contribution in [3.8, 4) is 0 Å². The van der Waals surface area contributed by atoms with Crippen molar-refractivity contribution in [1.82, 2.24) is 16.0 Å². The van der Waals surface area contributed by atoms with Crippen LogP contribution in [0.15, 0.2) is 30.3 Å². The maximum absolute atomic E-state index is 13.1. The number of ether oxygens (including phenoxy) is 3. The summed E-state index contributed by atoms with van der Waals surface area (Å²) in [6.45, 7) is 5.72. The fourth-order valence-corrected chi connectivity index (χ4v) is 7.14. The van der Waals surface area contributed by atoms with Gasteiger partial charge in [0.25, 0.3) is 0 Å². The van der Waals surface area contributed by atoms with Gasteiger partial charge >= 0.3 is 18.2 Å². The molecule has 10 heteroatoms. The van der Waals surface area contributed by atoms with E-state index in [1.165, 1.54) is 141 Å². The number of hydrogen-bond donors (Lipinski definition) is 3. The lowest BCUT2D eigenvalue weighted by molar-refractivity contribution is -0.144. The third kappa shape index (κ3) is 36.3. The number of nitrogens with one attached hydrogen (secondary N) is 3. The van der Waals surface area contributed by atoms with Crippen LogP contribution in [0.5, 0.6) is 0 Å². The Bertz CT molecular complexity index is 1140. The zero-order valence-corrected chi connectivity index (χ0v) is 37.8. The molecule has 3 amide bonds. The summed E-state index contributed by atoms with van der Waals surface area (Å²) in [4.78, 5) is 50.3. The van der Waals surface area contributed by atoms with Gasteiger partial charge in [0.2, 0.25) is 5.91 Å². The van der Waals surface area contributed by atoms with Crippen LogP contribution in [0, 0.1) is 0 Å². The highest BCUT2D eigenvalue weighted by Crippen LogP contribution is 2.15. The number of amides is 3. The molecule has 0 radical (unpaired) electrons. The minimum absolute atomic E-state index is 0.00156. The van der Waals surface area contributed by atoms with Crippen LogP contribution in [-0.4, -0.2) is 56.4 Å². The van der Waals surface area contributed by atoms with Crippen LogP contribution in [0.2, 0.25) is 0 Å². The summed E-state index contributed by atoms with van der Waals surface area (Å²) >= 11 is 0. The summed E-state index contributed by atoms with van der Waals surface area (Å²) in [5.74, 6) is -0.849. The van der Waals surface area contributed by atoms with E-state index in [1.54, 1.807) is 0 Å². The largest absolute Gasteiger partial charge is 0.461 e. The fourth-order valence-electron chi connectivity index (χ4n) is 7.14. The second-order valence-corrected chi connectivity index (χ2v) is 16.4. The van der Waals surface area contributed by atoms with E-state index in [0.29, 0.717) is 19.6 Å². The summed E-state index contributed by atoms with van der Waals surface area (Å²) in [6, 6.07) is 8.51. The van der Waals surface area contributed by atoms with Gasteiger partial charge in [0.1, 0.15) is 12.6 Å². The molecule has 0 aliphatic heterocycles. The van der Waals surface area contributed by atoms with Crippen molar-refractivity contribution in [3.05, 3.63) is 35.9 Å². The molecule has 0 aliphatic rings. The van der Waals surface area contributed by atoms with Gasteiger partial charge in [0.05, 0.1) is 19.6 Å². The maximum Gasteiger partial charge on any atom is 0.407 e. The van der Waals surface area contributed by atoms with Crippen LogP contribution in [0.4, 0.5) is 9.59 Å². The molecular formula is C49H87N3O7. The van der Waals surface area contributed by atoms with Crippen molar-refractivity contribution in [2.24, 2.45) is 0 Å². The summed E-state index contributed by atoms with van der Waals surface area (Å²) in [7, 11) is 0. The van der Waals surface area contributed by atoms with Crippen LogP contribution in [0.25, 0.3) is 0 Å². The monoisotopic (exact) mass is 830 g/mol. The van der Waals surface area contributed by atoms with E-state index in [-0.39, 0.29) is 32.6 Å². The number of benzene rings is 1. The fraction of sp³-hybridized carbons (Fsp3) is 0.796. The highest BCUT2D eigenvalue weighted by molar-refractivity contribution is 5.85. The number of carbonyl (C=O) groups is 4. The molecule has 1 aromatic rings. The molecule has 1 atom stereocenters. The van der Waals surface area contributed by atoms with E-state index in [4.69, 9.17) is 14.2 Å². The van der Waals surface area contributed by atoms with Crippen LogP contribution in [0.3, 0.4) is 0 Å². The number of unbranched alkanes of at least 4 members (excludes halogenated alkanes) is 26. The second kappa shape index (κ2) is 41.4. The number of carbonyl (C=O) groups excluding carboxylic acids is 4. The Morgan fingerprint density at radius 1 is 0.475 bits per heavy atom. The predicted molar refractivity (Wildman–Crippen MR) is 241 cm³/mol.